The first-order valence-electron chi connectivity index (χ1n) is 12.5. The molecule has 2 aromatic carbocycles. The van der Waals surface area contributed by atoms with E-state index >= 15 is 0 Å². The summed E-state index contributed by atoms with van der Waals surface area (Å²) < 4.78 is 34.4. The molecule has 1 unspecified atom stereocenters. The number of carbonyl (C=O) groups is 1. The van der Waals surface area contributed by atoms with Crippen LogP contribution in [-0.4, -0.2) is 45.1 Å². The summed E-state index contributed by atoms with van der Waals surface area (Å²) in [5.74, 6) is -0.758. The van der Waals surface area contributed by atoms with Crippen LogP contribution in [0.3, 0.4) is 0 Å². The Labute approximate surface area is 219 Å². The summed E-state index contributed by atoms with van der Waals surface area (Å²) in [5, 5.41) is 4.19. The molecule has 200 valence electrons. The quantitative estimate of drug-likeness (QED) is 0.337. The van der Waals surface area contributed by atoms with E-state index in [1.807, 2.05) is 6.92 Å². The van der Waals surface area contributed by atoms with Gasteiger partial charge in [-0.15, -0.1) is 0 Å². The molecule has 2 N–H and O–H groups in total. The van der Waals surface area contributed by atoms with Crippen LogP contribution in [0.1, 0.15) is 46.3 Å². The van der Waals surface area contributed by atoms with Crippen molar-refractivity contribution in [3.63, 3.8) is 0 Å². The molecule has 0 fully saturated rings. The second-order valence-electron chi connectivity index (χ2n) is 9.66. The number of hydrogen-bond donors (Lipinski definition) is 1. The number of benzene rings is 2. The van der Waals surface area contributed by atoms with Crippen LogP contribution >= 0.6 is 0 Å². The van der Waals surface area contributed by atoms with E-state index in [9.17, 15) is 18.4 Å². The number of aryl methyl sites for hydroxylation is 2. The van der Waals surface area contributed by atoms with Crippen LogP contribution in [0.15, 0.2) is 51.8 Å². The second kappa shape index (κ2) is 11.6. The smallest absolute Gasteiger partial charge is 0.267 e. The lowest BCUT2D eigenvalue weighted by molar-refractivity contribution is 0.0729. The average Bonchev–Trinajstić information content (AvgIpc) is 3.26. The molecular formula is C28H31F2N5O3. The third-order valence-corrected chi connectivity index (χ3v) is 6.50. The standard InChI is InChI=1S/C28H31F2N5O3/c1-17(15-34(12-4-11-31)27(36)21-8-5-18(2)23(30)14-21)13-24-32-26-25(19(3)33-38-26)28(37)35(24)16-20-6-9-22(29)10-7-20/h5-10,14,17H,4,11-13,15-16,31H2,1-3H3. The topological polar surface area (TPSA) is 107 Å². The van der Waals surface area contributed by atoms with Gasteiger partial charge in [0.1, 0.15) is 22.8 Å². The Balaban J connectivity index is 1.63. The molecule has 1 amide bonds. The van der Waals surface area contributed by atoms with Gasteiger partial charge in [0, 0.05) is 25.1 Å². The number of hydrogen-bond acceptors (Lipinski definition) is 6. The number of carbonyl (C=O) groups excluding carboxylic acids is 1. The van der Waals surface area contributed by atoms with Crippen molar-refractivity contribution < 1.29 is 18.1 Å². The molecular weight excluding hydrogens is 492 g/mol. The molecule has 0 bridgehead atoms. The van der Waals surface area contributed by atoms with Gasteiger partial charge in [0.2, 0.25) is 0 Å². The van der Waals surface area contributed by atoms with Crippen LogP contribution in [0.2, 0.25) is 0 Å². The van der Waals surface area contributed by atoms with Crippen LogP contribution in [-0.2, 0) is 13.0 Å². The average molecular weight is 524 g/mol. The number of fused-ring (bicyclic) bond motifs is 1. The first-order valence-corrected chi connectivity index (χ1v) is 12.5. The Morgan fingerprint density at radius 3 is 2.58 bits per heavy atom. The van der Waals surface area contributed by atoms with Gasteiger partial charge < -0.3 is 15.2 Å². The van der Waals surface area contributed by atoms with Crippen molar-refractivity contribution in [3.8, 4) is 0 Å². The van der Waals surface area contributed by atoms with Gasteiger partial charge in [0.25, 0.3) is 17.2 Å². The predicted molar refractivity (Wildman–Crippen MR) is 140 cm³/mol. The van der Waals surface area contributed by atoms with Crippen LogP contribution in [0, 0.1) is 31.4 Å². The van der Waals surface area contributed by atoms with Gasteiger partial charge >= 0.3 is 0 Å². The molecule has 0 spiro atoms. The molecule has 4 rings (SSSR count). The monoisotopic (exact) mass is 523 g/mol. The van der Waals surface area contributed by atoms with Crippen LogP contribution in [0.4, 0.5) is 8.78 Å². The van der Waals surface area contributed by atoms with E-state index in [-0.39, 0.29) is 41.0 Å². The molecule has 4 aromatic rings. The van der Waals surface area contributed by atoms with Crippen LogP contribution in [0.5, 0.6) is 0 Å². The summed E-state index contributed by atoms with van der Waals surface area (Å²) >= 11 is 0. The number of nitrogens with two attached hydrogens (primary N) is 1. The highest BCUT2D eigenvalue weighted by Gasteiger charge is 2.23. The van der Waals surface area contributed by atoms with Crippen molar-refractivity contribution in [1.82, 2.24) is 19.6 Å². The predicted octanol–water partition coefficient (Wildman–Crippen LogP) is 4.00. The lowest BCUT2D eigenvalue weighted by Crippen LogP contribution is -2.37. The Morgan fingerprint density at radius 1 is 1.16 bits per heavy atom. The van der Waals surface area contributed by atoms with Gasteiger partial charge in [-0.3, -0.25) is 14.2 Å². The van der Waals surface area contributed by atoms with Crippen molar-refractivity contribution in [2.24, 2.45) is 11.7 Å². The molecule has 10 heteroatoms. The summed E-state index contributed by atoms with van der Waals surface area (Å²) in [5.41, 5.74) is 7.46. The molecule has 38 heavy (non-hydrogen) atoms. The summed E-state index contributed by atoms with van der Waals surface area (Å²) in [7, 11) is 0. The molecule has 2 aromatic heterocycles. The molecule has 1 atom stereocenters. The lowest BCUT2D eigenvalue weighted by atomic mass is 10.0. The van der Waals surface area contributed by atoms with Gasteiger partial charge in [-0.2, -0.15) is 4.98 Å². The van der Waals surface area contributed by atoms with Crippen molar-refractivity contribution in [2.75, 3.05) is 19.6 Å². The third-order valence-electron chi connectivity index (χ3n) is 6.50. The van der Waals surface area contributed by atoms with Crippen LogP contribution < -0.4 is 11.3 Å². The van der Waals surface area contributed by atoms with Crippen molar-refractivity contribution in [3.05, 3.63) is 92.7 Å². The Hall–Kier alpha value is -3.92. The SMILES string of the molecule is Cc1ccc(C(=O)N(CCCN)CC(C)Cc2nc3onc(C)c3c(=O)n2Cc2ccc(F)cc2)cc1F. The van der Waals surface area contributed by atoms with Gasteiger partial charge in [-0.05, 0) is 68.1 Å². The van der Waals surface area contributed by atoms with E-state index in [4.69, 9.17) is 10.3 Å². The Morgan fingerprint density at radius 2 is 1.89 bits per heavy atom. The number of aromatic nitrogens is 3. The van der Waals surface area contributed by atoms with Gasteiger partial charge in [0.15, 0.2) is 0 Å². The molecule has 0 saturated heterocycles. The molecule has 0 aliphatic rings. The van der Waals surface area contributed by atoms with Gasteiger partial charge in [0.05, 0.1) is 12.2 Å². The summed E-state index contributed by atoms with van der Waals surface area (Å²) in [6.07, 6.45) is 0.935. The fourth-order valence-corrected chi connectivity index (χ4v) is 4.42. The molecule has 2 heterocycles. The summed E-state index contributed by atoms with van der Waals surface area (Å²) in [6.45, 7) is 6.60. The number of halogens is 2. The van der Waals surface area contributed by atoms with Gasteiger partial charge in [-0.1, -0.05) is 30.3 Å². The zero-order chi connectivity index (χ0) is 27.4. The largest absolute Gasteiger partial charge is 0.338 e. The maximum Gasteiger partial charge on any atom is 0.267 e. The van der Waals surface area contributed by atoms with Crippen molar-refractivity contribution in [2.45, 2.75) is 40.2 Å². The number of nitrogens with zero attached hydrogens (tertiary/aromatic N) is 4. The minimum Gasteiger partial charge on any atom is -0.338 e. The summed E-state index contributed by atoms with van der Waals surface area (Å²) in [4.78, 5) is 32.9. The van der Waals surface area contributed by atoms with E-state index in [2.05, 4.69) is 10.1 Å². The van der Waals surface area contributed by atoms with Gasteiger partial charge in [-0.25, -0.2) is 8.78 Å². The Bertz CT molecular complexity index is 1500. The minimum absolute atomic E-state index is 0.125. The highest BCUT2D eigenvalue weighted by molar-refractivity contribution is 5.94. The lowest BCUT2D eigenvalue weighted by Gasteiger charge is -2.26. The van der Waals surface area contributed by atoms with E-state index < -0.39 is 5.82 Å². The number of rotatable bonds is 10. The summed E-state index contributed by atoms with van der Waals surface area (Å²) in [6, 6.07) is 10.4. The van der Waals surface area contributed by atoms with E-state index in [0.717, 1.165) is 5.56 Å². The highest BCUT2D eigenvalue weighted by atomic mass is 19.1. The maximum absolute atomic E-state index is 14.2. The zero-order valence-electron chi connectivity index (χ0n) is 21.7. The van der Waals surface area contributed by atoms with E-state index in [1.165, 1.54) is 22.8 Å². The van der Waals surface area contributed by atoms with E-state index in [1.54, 1.807) is 43.0 Å². The first kappa shape index (κ1) is 27.1. The van der Waals surface area contributed by atoms with Crippen molar-refractivity contribution in [1.29, 1.82) is 0 Å². The van der Waals surface area contributed by atoms with E-state index in [0.29, 0.717) is 54.9 Å². The Kier molecular flexibility index (Phi) is 8.31. The molecule has 8 nitrogen and oxygen atoms in total. The normalized spacial score (nSPS) is 12.2. The van der Waals surface area contributed by atoms with Crippen molar-refractivity contribution >= 4 is 17.0 Å². The first-order chi connectivity index (χ1) is 18.2. The van der Waals surface area contributed by atoms with Crippen LogP contribution in [0.25, 0.3) is 11.1 Å². The maximum atomic E-state index is 14.2. The fourth-order valence-electron chi connectivity index (χ4n) is 4.42. The minimum atomic E-state index is -0.438. The second-order valence-corrected chi connectivity index (χ2v) is 9.66. The molecule has 0 saturated carbocycles. The fraction of sp³-hybridized carbons (Fsp3) is 0.357. The zero-order valence-corrected chi connectivity index (χ0v) is 21.7. The molecule has 0 aliphatic heterocycles. The highest BCUT2D eigenvalue weighted by Crippen LogP contribution is 2.18. The number of amides is 1. The molecule has 0 aliphatic carbocycles. The third kappa shape index (κ3) is 5.96. The molecule has 0 radical (unpaired) electrons.